The molecule has 0 saturated heterocycles. The average Bonchev–Trinajstić information content (AvgIpc) is 3.05. The number of nitrogens with one attached hydrogen (secondary N) is 1. The molecular weight excluding hydrogens is 294 g/mol. The predicted octanol–water partition coefficient (Wildman–Crippen LogP) is 3.72. The zero-order valence-corrected chi connectivity index (χ0v) is 13.6. The molecule has 1 atom stereocenters. The van der Waals surface area contributed by atoms with E-state index in [2.05, 4.69) is 30.3 Å². The van der Waals surface area contributed by atoms with Crippen molar-refractivity contribution in [2.75, 3.05) is 13.7 Å². The lowest BCUT2D eigenvalue weighted by atomic mass is 10.1. The Labute approximate surface area is 128 Å². The van der Waals surface area contributed by atoms with E-state index in [1.807, 2.05) is 10.1 Å². The Morgan fingerprint density at radius 2 is 2.30 bits per heavy atom. The molecule has 1 N–H and O–H groups in total. The number of ether oxygens (including phenoxy) is 1. The van der Waals surface area contributed by atoms with Crippen LogP contribution in [0.2, 0.25) is 5.02 Å². The zero-order chi connectivity index (χ0) is 14.5. The first kappa shape index (κ1) is 15.4. The second-order valence-corrected chi connectivity index (χ2v) is 5.83. The van der Waals surface area contributed by atoms with Crippen LogP contribution >= 0.6 is 22.9 Å². The maximum absolute atomic E-state index is 6.35. The van der Waals surface area contributed by atoms with Gasteiger partial charge < -0.3 is 10.1 Å². The maximum atomic E-state index is 6.35. The quantitative estimate of drug-likeness (QED) is 0.847. The Morgan fingerprint density at radius 3 is 2.90 bits per heavy atom. The topological polar surface area (TPSA) is 39.1 Å². The maximum Gasteiger partial charge on any atom is 0.129 e. The van der Waals surface area contributed by atoms with Gasteiger partial charge in [0.1, 0.15) is 5.75 Å². The number of hydrogen-bond donors (Lipinski definition) is 1. The van der Waals surface area contributed by atoms with Gasteiger partial charge in [-0.2, -0.15) is 5.10 Å². The second kappa shape index (κ2) is 7.11. The molecule has 0 fully saturated rings. The van der Waals surface area contributed by atoms with Crippen LogP contribution in [-0.4, -0.2) is 23.4 Å². The van der Waals surface area contributed by atoms with Gasteiger partial charge in [0.2, 0.25) is 0 Å². The van der Waals surface area contributed by atoms with Crippen molar-refractivity contribution < 1.29 is 4.74 Å². The molecule has 2 heterocycles. The van der Waals surface area contributed by atoms with Crippen LogP contribution in [-0.2, 0) is 6.54 Å². The lowest BCUT2D eigenvalue weighted by Gasteiger charge is -2.18. The summed E-state index contributed by atoms with van der Waals surface area (Å²) in [6.45, 7) is 5.95. The smallest absolute Gasteiger partial charge is 0.129 e. The van der Waals surface area contributed by atoms with Crippen molar-refractivity contribution in [2.24, 2.45) is 0 Å². The fourth-order valence-electron chi connectivity index (χ4n) is 2.18. The molecule has 0 aliphatic heterocycles. The van der Waals surface area contributed by atoms with Crippen LogP contribution in [0.25, 0.3) is 0 Å². The first-order valence-electron chi connectivity index (χ1n) is 6.78. The van der Waals surface area contributed by atoms with E-state index in [0.717, 1.165) is 31.0 Å². The SMILES string of the molecule is CCCn1ncc(Cl)c1C(NCC)c1cc(OC)cs1. The Balaban J connectivity index is 2.39. The van der Waals surface area contributed by atoms with Gasteiger partial charge >= 0.3 is 0 Å². The molecule has 0 saturated carbocycles. The highest BCUT2D eigenvalue weighted by molar-refractivity contribution is 7.10. The summed E-state index contributed by atoms with van der Waals surface area (Å²) >= 11 is 8.02. The highest BCUT2D eigenvalue weighted by Crippen LogP contribution is 2.34. The van der Waals surface area contributed by atoms with Crippen LogP contribution in [0.3, 0.4) is 0 Å². The summed E-state index contributed by atoms with van der Waals surface area (Å²) in [6.07, 6.45) is 2.75. The van der Waals surface area contributed by atoms with Gasteiger partial charge in [-0.05, 0) is 19.0 Å². The molecule has 2 aromatic rings. The van der Waals surface area contributed by atoms with Crippen molar-refractivity contribution >= 4 is 22.9 Å². The summed E-state index contributed by atoms with van der Waals surface area (Å²) in [5.74, 6) is 0.880. The minimum absolute atomic E-state index is 0.0513. The van der Waals surface area contributed by atoms with E-state index in [1.54, 1.807) is 24.6 Å². The number of thiophene rings is 1. The molecule has 0 aromatic carbocycles. The molecule has 2 aromatic heterocycles. The van der Waals surface area contributed by atoms with Crippen molar-refractivity contribution in [1.29, 1.82) is 0 Å². The normalized spacial score (nSPS) is 12.6. The second-order valence-electron chi connectivity index (χ2n) is 4.48. The van der Waals surface area contributed by atoms with Crippen molar-refractivity contribution in [3.63, 3.8) is 0 Å². The van der Waals surface area contributed by atoms with Crippen LogP contribution < -0.4 is 10.1 Å². The molecular formula is C14H20ClN3OS. The fraction of sp³-hybridized carbons (Fsp3) is 0.500. The summed E-state index contributed by atoms with van der Waals surface area (Å²) < 4.78 is 7.26. The predicted molar refractivity (Wildman–Crippen MR) is 83.9 cm³/mol. The van der Waals surface area contributed by atoms with Crippen molar-refractivity contribution in [3.8, 4) is 5.75 Å². The Kier molecular flexibility index (Phi) is 5.46. The Morgan fingerprint density at radius 1 is 1.50 bits per heavy atom. The van der Waals surface area contributed by atoms with E-state index in [1.165, 1.54) is 4.88 Å². The summed E-state index contributed by atoms with van der Waals surface area (Å²) in [7, 11) is 1.68. The van der Waals surface area contributed by atoms with Gasteiger partial charge in [0.25, 0.3) is 0 Å². The number of halogens is 1. The molecule has 0 aliphatic rings. The summed E-state index contributed by atoms with van der Waals surface area (Å²) in [6, 6.07) is 2.10. The van der Waals surface area contributed by atoms with Crippen LogP contribution in [0.1, 0.15) is 36.9 Å². The standard InChI is InChI=1S/C14H20ClN3OS/c1-4-6-18-14(11(15)8-17-18)13(16-5-2)12-7-10(19-3)9-20-12/h7-9,13,16H,4-6H2,1-3H3. The Bertz CT molecular complexity index is 552. The molecule has 0 bridgehead atoms. The van der Waals surface area contributed by atoms with Gasteiger partial charge in [-0.1, -0.05) is 25.4 Å². The van der Waals surface area contributed by atoms with E-state index < -0.39 is 0 Å². The molecule has 2 rings (SSSR count). The van der Waals surface area contributed by atoms with E-state index in [4.69, 9.17) is 16.3 Å². The largest absolute Gasteiger partial charge is 0.496 e. The number of nitrogens with zero attached hydrogens (tertiary/aromatic N) is 2. The third-order valence-electron chi connectivity index (χ3n) is 3.07. The van der Waals surface area contributed by atoms with Crippen LogP contribution in [0.5, 0.6) is 5.75 Å². The lowest BCUT2D eigenvalue weighted by molar-refractivity contribution is 0.416. The van der Waals surface area contributed by atoms with Gasteiger partial charge in [-0.15, -0.1) is 11.3 Å². The van der Waals surface area contributed by atoms with Crippen molar-refractivity contribution in [2.45, 2.75) is 32.9 Å². The van der Waals surface area contributed by atoms with Gasteiger partial charge in [0, 0.05) is 16.8 Å². The fourth-order valence-corrected chi connectivity index (χ4v) is 3.36. The first-order valence-corrected chi connectivity index (χ1v) is 8.04. The lowest BCUT2D eigenvalue weighted by Crippen LogP contribution is -2.24. The number of aromatic nitrogens is 2. The minimum Gasteiger partial charge on any atom is -0.496 e. The highest BCUT2D eigenvalue weighted by atomic mass is 35.5. The molecule has 1 unspecified atom stereocenters. The third-order valence-corrected chi connectivity index (χ3v) is 4.33. The van der Waals surface area contributed by atoms with Crippen LogP contribution in [0.4, 0.5) is 0 Å². The van der Waals surface area contributed by atoms with Crippen molar-refractivity contribution in [1.82, 2.24) is 15.1 Å². The number of rotatable bonds is 7. The highest BCUT2D eigenvalue weighted by Gasteiger charge is 2.23. The Hall–Kier alpha value is -1.04. The van der Waals surface area contributed by atoms with E-state index >= 15 is 0 Å². The molecule has 0 radical (unpaired) electrons. The first-order chi connectivity index (χ1) is 9.71. The number of methoxy groups -OCH3 is 1. The molecule has 6 heteroatoms. The monoisotopic (exact) mass is 313 g/mol. The molecule has 0 aliphatic carbocycles. The van der Waals surface area contributed by atoms with E-state index in [0.29, 0.717) is 5.02 Å². The molecule has 110 valence electrons. The van der Waals surface area contributed by atoms with Gasteiger partial charge in [0.15, 0.2) is 0 Å². The third kappa shape index (κ3) is 3.16. The molecule has 0 spiro atoms. The summed E-state index contributed by atoms with van der Waals surface area (Å²) in [5.41, 5.74) is 1.03. The number of aryl methyl sites for hydroxylation is 1. The van der Waals surface area contributed by atoms with Crippen LogP contribution in [0, 0.1) is 0 Å². The van der Waals surface area contributed by atoms with Gasteiger partial charge in [-0.3, -0.25) is 4.68 Å². The van der Waals surface area contributed by atoms with Crippen molar-refractivity contribution in [3.05, 3.63) is 33.2 Å². The number of hydrogen-bond acceptors (Lipinski definition) is 4. The van der Waals surface area contributed by atoms with E-state index in [9.17, 15) is 0 Å². The van der Waals surface area contributed by atoms with Gasteiger partial charge in [-0.25, -0.2) is 0 Å². The molecule has 4 nitrogen and oxygen atoms in total. The summed E-state index contributed by atoms with van der Waals surface area (Å²) in [4.78, 5) is 1.18. The zero-order valence-electron chi connectivity index (χ0n) is 12.0. The summed E-state index contributed by atoms with van der Waals surface area (Å²) in [5, 5.41) is 10.6. The van der Waals surface area contributed by atoms with E-state index in [-0.39, 0.29) is 6.04 Å². The molecule has 20 heavy (non-hydrogen) atoms. The van der Waals surface area contributed by atoms with Gasteiger partial charge in [0.05, 0.1) is 30.1 Å². The average molecular weight is 314 g/mol. The minimum atomic E-state index is 0.0513. The molecule has 0 amide bonds. The van der Waals surface area contributed by atoms with Crippen LogP contribution in [0.15, 0.2) is 17.6 Å².